The number of nitro benzene ring substituents is 1. The Hall–Kier alpha value is -3.89. The Labute approximate surface area is 196 Å². The number of amides is 2. The number of thioether (sulfide) groups is 1. The third kappa shape index (κ3) is 6.55. The van der Waals surface area contributed by atoms with Gasteiger partial charge < -0.3 is 15.7 Å². The van der Waals surface area contributed by atoms with Crippen LogP contribution in [0.25, 0.3) is 0 Å². The molecule has 0 radical (unpaired) electrons. The average Bonchev–Trinajstić information content (AvgIpc) is 2.79. The molecule has 9 nitrogen and oxygen atoms in total. The topological polar surface area (TPSA) is 139 Å². The predicted octanol–water partition coefficient (Wildman–Crippen LogP) is 4.93. The summed E-state index contributed by atoms with van der Waals surface area (Å²) >= 11 is 7.03. The lowest BCUT2D eigenvalue weighted by Crippen LogP contribution is -2.14. The first-order valence-corrected chi connectivity index (χ1v) is 10.7. The van der Waals surface area contributed by atoms with Crippen molar-refractivity contribution >= 4 is 58.2 Å². The van der Waals surface area contributed by atoms with Gasteiger partial charge in [-0.1, -0.05) is 23.7 Å². The monoisotopic (exact) mass is 485 g/mol. The number of rotatable bonds is 8. The van der Waals surface area contributed by atoms with E-state index in [9.17, 15) is 24.5 Å². The quantitative estimate of drug-likeness (QED) is 0.233. The molecule has 0 atom stereocenters. The minimum atomic E-state index is -1.20. The highest BCUT2D eigenvalue weighted by molar-refractivity contribution is 8.00. The summed E-state index contributed by atoms with van der Waals surface area (Å²) in [5.41, 5.74) is 0.606. The van der Waals surface area contributed by atoms with Crippen LogP contribution < -0.4 is 10.6 Å². The van der Waals surface area contributed by atoms with Crippen LogP contribution in [-0.4, -0.2) is 33.6 Å². The van der Waals surface area contributed by atoms with Crippen molar-refractivity contribution in [3.05, 3.63) is 93.0 Å². The van der Waals surface area contributed by atoms with Crippen molar-refractivity contribution in [2.24, 2.45) is 0 Å². The summed E-state index contributed by atoms with van der Waals surface area (Å²) in [6.45, 7) is 0. The Morgan fingerprint density at radius 3 is 2.42 bits per heavy atom. The van der Waals surface area contributed by atoms with Gasteiger partial charge >= 0.3 is 5.97 Å². The first-order valence-electron chi connectivity index (χ1n) is 9.34. The van der Waals surface area contributed by atoms with Crippen molar-refractivity contribution in [3.8, 4) is 0 Å². The number of hydrogen-bond acceptors (Lipinski definition) is 6. The third-order valence-electron chi connectivity index (χ3n) is 4.26. The Kier molecular flexibility index (Phi) is 7.65. The fraction of sp³-hybridized carbons (Fsp3) is 0.0455. The van der Waals surface area contributed by atoms with Crippen LogP contribution in [-0.2, 0) is 4.79 Å². The fourth-order valence-electron chi connectivity index (χ4n) is 2.74. The van der Waals surface area contributed by atoms with Gasteiger partial charge in [0.2, 0.25) is 5.91 Å². The number of anilines is 2. The smallest absolute Gasteiger partial charge is 0.337 e. The molecule has 0 aliphatic heterocycles. The second-order valence-corrected chi connectivity index (χ2v) is 8.08. The Morgan fingerprint density at radius 2 is 1.70 bits per heavy atom. The number of nitro groups is 1. The Balaban J connectivity index is 1.60. The first-order chi connectivity index (χ1) is 15.7. The maximum absolute atomic E-state index is 12.4. The molecule has 0 bridgehead atoms. The van der Waals surface area contributed by atoms with E-state index in [4.69, 9.17) is 16.7 Å². The van der Waals surface area contributed by atoms with Gasteiger partial charge in [0.25, 0.3) is 11.6 Å². The van der Waals surface area contributed by atoms with Gasteiger partial charge in [-0.05, 0) is 42.5 Å². The van der Waals surface area contributed by atoms with E-state index in [0.717, 1.165) is 0 Å². The number of nitrogens with zero attached hydrogens (tertiary/aromatic N) is 1. The van der Waals surface area contributed by atoms with Crippen LogP contribution in [0.5, 0.6) is 0 Å². The van der Waals surface area contributed by atoms with Gasteiger partial charge in [0, 0.05) is 34.0 Å². The second kappa shape index (κ2) is 10.6. The SMILES string of the molecule is O=C(CSc1cccc(NC(=O)c2cccc([N+](=O)[O-])c2)c1)Nc1ccc(Cl)c(C(=O)O)c1. The second-order valence-electron chi connectivity index (χ2n) is 6.63. The van der Waals surface area contributed by atoms with Crippen molar-refractivity contribution in [1.29, 1.82) is 0 Å². The molecule has 0 heterocycles. The molecular weight excluding hydrogens is 470 g/mol. The Bertz CT molecular complexity index is 1250. The number of hydrogen-bond donors (Lipinski definition) is 3. The van der Waals surface area contributed by atoms with Crippen LogP contribution in [0, 0.1) is 10.1 Å². The molecule has 0 fully saturated rings. The third-order valence-corrected chi connectivity index (χ3v) is 5.58. The van der Waals surface area contributed by atoms with E-state index in [1.807, 2.05) is 0 Å². The summed E-state index contributed by atoms with van der Waals surface area (Å²) in [6, 6.07) is 16.3. The number of carbonyl (C=O) groups excluding carboxylic acids is 2. The molecule has 2 amide bonds. The molecule has 0 saturated carbocycles. The van der Waals surface area contributed by atoms with E-state index >= 15 is 0 Å². The van der Waals surface area contributed by atoms with Crippen LogP contribution in [0.1, 0.15) is 20.7 Å². The molecule has 0 unspecified atom stereocenters. The molecule has 33 heavy (non-hydrogen) atoms. The van der Waals surface area contributed by atoms with Gasteiger partial charge in [0.15, 0.2) is 0 Å². The minimum Gasteiger partial charge on any atom is -0.478 e. The number of non-ortho nitro benzene ring substituents is 1. The lowest BCUT2D eigenvalue weighted by molar-refractivity contribution is -0.384. The van der Waals surface area contributed by atoms with Crippen LogP contribution in [0.15, 0.2) is 71.6 Å². The molecule has 0 aliphatic carbocycles. The first kappa shape index (κ1) is 23.8. The largest absolute Gasteiger partial charge is 0.478 e. The van der Waals surface area contributed by atoms with E-state index in [0.29, 0.717) is 16.3 Å². The van der Waals surface area contributed by atoms with E-state index in [-0.39, 0.29) is 33.5 Å². The van der Waals surface area contributed by atoms with Crippen LogP contribution in [0.4, 0.5) is 17.1 Å². The molecule has 3 aromatic carbocycles. The fourth-order valence-corrected chi connectivity index (χ4v) is 3.69. The molecule has 0 aromatic heterocycles. The molecule has 0 aliphatic rings. The van der Waals surface area contributed by atoms with Gasteiger partial charge in [0.05, 0.1) is 21.3 Å². The molecule has 3 N–H and O–H groups in total. The van der Waals surface area contributed by atoms with Crippen molar-refractivity contribution in [3.63, 3.8) is 0 Å². The highest BCUT2D eigenvalue weighted by Gasteiger charge is 2.13. The molecule has 3 aromatic rings. The van der Waals surface area contributed by atoms with Crippen LogP contribution in [0.2, 0.25) is 5.02 Å². The summed E-state index contributed by atoms with van der Waals surface area (Å²) in [4.78, 5) is 46.8. The molecule has 0 saturated heterocycles. The Morgan fingerprint density at radius 1 is 0.970 bits per heavy atom. The van der Waals surface area contributed by atoms with Gasteiger partial charge in [-0.2, -0.15) is 0 Å². The van der Waals surface area contributed by atoms with E-state index in [1.54, 1.807) is 24.3 Å². The zero-order valence-electron chi connectivity index (χ0n) is 16.8. The number of nitrogens with one attached hydrogen (secondary N) is 2. The number of halogens is 1. The highest BCUT2D eigenvalue weighted by Crippen LogP contribution is 2.24. The maximum atomic E-state index is 12.4. The summed E-state index contributed by atoms with van der Waals surface area (Å²) in [6.07, 6.45) is 0. The maximum Gasteiger partial charge on any atom is 0.337 e. The van der Waals surface area contributed by atoms with Gasteiger partial charge in [0.1, 0.15) is 0 Å². The number of carboxylic acids is 1. The molecule has 0 spiro atoms. The zero-order chi connectivity index (χ0) is 24.0. The molecular formula is C22H16ClN3O6S. The van der Waals surface area contributed by atoms with Gasteiger partial charge in [-0.3, -0.25) is 19.7 Å². The number of carboxylic acid groups (broad SMARTS) is 1. The van der Waals surface area contributed by atoms with Crippen molar-refractivity contribution < 1.29 is 24.4 Å². The van der Waals surface area contributed by atoms with Crippen LogP contribution >= 0.6 is 23.4 Å². The molecule has 11 heteroatoms. The zero-order valence-corrected chi connectivity index (χ0v) is 18.4. The van der Waals surface area contributed by atoms with E-state index in [2.05, 4.69) is 10.6 Å². The van der Waals surface area contributed by atoms with E-state index < -0.39 is 16.8 Å². The number of benzene rings is 3. The van der Waals surface area contributed by atoms with Crippen molar-refractivity contribution in [2.75, 3.05) is 16.4 Å². The number of carbonyl (C=O) groups is 3. The van der Waals surface area contributed by atoms with Crippen molar-refractivity contribution in [2.45, 2.75) is 4.90 Å². The predicted molar refractivity (Wildman–Crippen MR) is 125 cm³/mol. The number of aromatic carboxylic acids is 1. The summed E-state index contributed by atoms with van der Waals surface area (Å²) in [5.74, 6) is -2.03. The summed E-state index contributed by atoms with van der Waals surface area (Å²) < 4.78 is 0. The van der Waals surface area contributed by atoms with Gasteiger partial charge in [-0.15, -0.1) is 11.8 Å². The summed E-state index contributed by atoms with van der Waals surface area (Å²) in [5, 5.41) is 25.4. The molecule has 3 rings (SSSR count). The minimum absolute atomic E-state index is 0.0350. The highest BCUT2D eigenvalue weighted by atomic mass is 35.5. The summed E-state index contributed by atoms with van der Waals surface area (Å²) in [7, 11) is 0. The van der Waals surface area contributed by atoms with E-state index in [1.165, 1.54) is 54.2 Å². The molecule has 168 valence electrons. The average molecular weight is 486 g/mol. The van der Waals surface area contributed by atoms with Gasteiger partial charge in [-0.25, -0.2) is 4.79 Å². The van der Waals surface area contributed by atoms with Crippen LogP contribution in [0.3, 0.4) is 0 Å². The normalized spacial score (nSPS) is 10.3. The lowest BCUT2D eigenvalue weighted by Gasteiger charge is -2.09. The van der Waals surface area contributed by atoms with Crippen molar-refractivity contribution in [1.82, 2.24) is 0 Å². The standard InChI is InChI=1S/C22H16ClN3O6S/c23-19-8-7-15(11-18(19)22(29)30)24-20(27)12-33-17-6-2-4-14(10-17)25-21(28)13-3-1-5-16(9-13)26(31)32/h1-11H,12H2,(H,24,27)(H,25,28)(H,29,30). The lowest BCUT2D eigenvalue weighted by atomic mass is 10.2.